The van der Waals surface area contributed by atoms with Gasteiger partial charge in [0.25, 0.3) is 0 Å². The minimum absolute atomic E-state index is 0.0740. The lowest BCUT2D eigenvalue weighted by atomic mass is 10.0. The highest BCUT2D eigenvalue weighted by molar-refractivity contribution is 5.14. The van der Waals surface area contributed by atoms with Gasteiger partial charge in [0, 0.05) is 18.6 Å². The van der Waals surface area contributed by atoms with E-state index < -0.39 is 0 Å². The molecule has 2 N–H and O–H groups in total. The maximum atomic E-state index is 5.79. The van der Waals surface area contributed by atoms with Crippen LogP contribution in [0.1, 0.15) is 26.3 Å². The standard InChI is InChI=1S/C13H22N2/c1-4-15(13(2,3)11-14)10-12-8-6-5-7-9-12/h5-9H,4,10-11,14H2,1-3H3. The van der Waals surface area contributed by atoms with Crippen molar-refractivity contribution in [3.8, 4) is 0 Å². The molecule has 0 atom stereocenters. The van der Waals surface area contributed by atoms with Gasteiger partial charge in [-0.05, 0) is 26.0 Å². The summed E-state index contributed by atoms with van der Waals surface area (Å²) in [6.45, 7) is 9.26. The van der Waals surface area contributed by atoms with Crippen LogP contribution < -0.4 is 5.73 Å². The molecule has 2 heteroatoms. The van der Waals surface area contributed by atoms with Crippen molar-refractivity contribution in [2.24, 2.45) is 5.73 Å². The summed E-state index contributed by atoms with van der Waals surface area (Å²) in [6.07, 6.45) is 0. The Morgan fingerprint density at radius 3 is 2.27 bits per heavy atom. The van der Waals surface area contributed by atoms with Gasteiger partial charge in [0.2, 0.25) is 0 Å². The number of nitrogens with two attached hydrogens (primary N) is 1. The van der Waals surface area contributed by atoms with Crippen molar-refractivity contribution in [1.29, 1.82) is 0 Å². The normalized spacial score (nSPS) is 12.1. The lowest BCUT2D eigenvalue weighted by molar-refractivity contribution is 0.126. The summed E-state index contributed by atoms with van der Waals surface area (Å²) in [5.74, 6) is 0. The van der Waals surface area contributed by atoms with Crippen LogP contribution in [0.5, 0.6) is 0 Å². The molecular formula is C13H22N2. The van der Waals surface area contributed by atoms with Gasteiger partial charge in [-0.1, -0.05) is 37.3 Å². The zero-order chi connectivity index (χ0) is 11.3. The first kappa shape index (κ1) is 12.2. The van der Waals surface area contributed by atoms with Gasteiger partial charge >= 0.3 is 0 Å². The fourth-order valence-corrected chi connectivity index (χ4v) is 1.69. The second kappa shape index (κ2) is 5.29. The van der Waals surface area contributed by atoms with Crippen molar-refractivity contribution >= 4 is 0 Å². The van der Waals surface area contributed by atoms with E-state index in [1.165, 1.54) is 5.56 Å². The second-order valence-corrected chi connectivity index (χ2v) is 4.52. The molecule has 84 valence electrons. The molecule has 15 heavy (non-hydrogen) atoms. The molecule has 0 amide bonds. The molecule has 0 unspecified atom stereocenters. The molecule has 0 heterocycles. The molecular weight excluding hydrogens is 184 g/mol. The lowest BCUT2D eigenvalue weighted by Crippen LogP contribution is -2.48. The van der Waals surface area contributed by atoms with Crippen molar-refractivity contribution < 1.29 is 0 Å². The molecule has 0 fully saturated rings. The number of nitrogens with zero attached hydrogens (tertiary/aromatic N) is 1. The van der Waals surface area contributed by atoms with Crippen molar-refractivity contribution in [3.63, 3.8) is 0 Å². The van der Waals surface area contributed by atoms with Crippen LogP contribution in [0.3, 0.4) is 0 Å². The Morgan fingerprint density at radius 2 is 1.80 bits per heavy atom. The zero-order valence-electron chi connectivity index (χ0n) is 10.0. The van der Waals surface area contributed by atoms with Gasteiger partial charge in [-0.3, -0.25) is 4.90 Å². The number of hydrogen-bond donors (Lipinski definition) is 1. The maximum Gasteiger partial charge on any atom is 0.0278 e. The quantitative estimate of drug-likeness (QED) is 0.800. The minimum atomic E-state index is 0.0740. The Hall–Kier alpha value is -0.860. The smallest absolute Gasteiger partial charge is 0.0278 e. The monoisotopic (exact) mass is 206 g/mol. The van der Waals surface area contributed by atoms with E-state index in [1.54, 1.807) is 0 Å². The van der Waals surface area contributed by atoms with Gasteiger partial charge in [-0.25, -0.2) is 0 Å². The molecule has 0 aliphatic heterocycles. The summed E-state index contributed by atoms with van der Waals surface area (Å²) in [4.78, 5) is 2.41. The van der Waals surface area contributed by atoms with Crippen LogP contribution >= 0.6 is 0 Å². The third kappa shape index (κ3) is 3.33. The summed E-state index contributed by atoms with van der Waals surface area (Å²) < 4.78 is 0. The topological polar surface area (TPSA) is 29.3 Å². The SMILES string of the molecule is CCN(Cc1ccccc1)C(C)(C)CN. The van der Waals surface area contributed by atoms with E-state index in [0.29, 0.717) is 6.54 Å². The highest BCUT2D eigenvalue weighted by atomic mass is 15.2. The van der Waals surface area contributed by atoms with Crippen LogP contribution in [0, 0.1) is 0 Å². The van der Waals surface area contributed by atoms with Gasteiger partial charge < -0.3 is 5.73 Å². The van der Waals surface area contributed by atoms with E-state index in [9.17, 15) is 0 Å². The molecule has 1 aromatic rings. The fourth-order valence-electron chi connectivity index (χ4n) is 1.69. The average molecular weight is 206 g/mol. The molecule has 1 aromatic carbocycles. The zero-order valence-corrected chi connectivity index (χ0v) is 10.0. The first-order valence-electron chi connectivity index (χ1n) is 5.59. The van der Waals surface area contributed by atoms with Gasteiger partial charge in [0.1, 0.15) is 0 Å². The lowest BCUT2D eigenvalue weighted by Gasteiger charge is -2.37. The molecule has 2 nitrogen and oxygen atoms in total. The molecule has 0 radical (unpaired) electrons. The van der Waals surface area contributed by atoms with Crippen molar-refractivity contribution in [1.82, 2.24) is 4.90 Å². The summed E-state index contributed by atoms with van der Waals surface area (Å²) in [5, 5.41) is 0. The Bertz CT molecular complexity index is 280. The number of benzene rings is 1. The third-order valence-electron chi connectivity index (χ3n) is 2.95. The number of hydrogen-bond acceptors (Lipinski definition) is 2. The molecule has 1 rings (SSSR count). The minimum Gasteiger partial charge on any atom is -0.329 e. The molecule has 0 saturated carbocycles. The first-order valence-corrected chi connectivity index (χ1v) is 5.59. The fraction of sp³-hybridized carbons (Fsp3) is 0.538. The van der Waals surface area contributed by atoms with Gasteiger partial charge in [0.15, 0.2) is 0 Å². The number of rotatable bonds is 5. The molecule has 0 bridgehead atoms. The summed E-state index contributed by atoms with van der Waals surface area (Å²) in [7, 11) is 0. The molecule has 0 saturated heterocycles. The van der Waals surface area contributed by atoms with E-state index in [4.69, 9.17) is 5.73 Å². The largest absolute Gasteiger partial charge is 0.329 e. The molecule has 0 aromatic heterocycles. The Labute approximate surface area is 93.1 Å². The van der Waals surface area contributed by atoms with Crippen LogP contribution in [0.2, 0.25) is 0 Å². The van der Waals surface area contributed by atoms with Crippen LogP contribution in [-0.4, -0.2) is 23.5 Å². The van der Waals surface area contributed by atoms with Gasteiger partial charge in [0.05, 0.1) is 0 Å². The maximum absolute atomic E-state index is 5.79. The summed E-state index contributed by atoms with van der Waals surface area (Å²) in [6, 6.07) is 10.5. The first-order chi connectivity index (χ1) is 7.10. The van der Waals surface area contributed by atoms with Crippen molar-refractivity contribution in [2.45, 2.75) is 32.9 Å². The Morgan fingerprint density at radius 1 is 1.20 bits per heavy atom. The van der Waals surface area contributed by atoms with Crippen LogP contribution in [0.4, 0.5) is 0 Å². The predicted octanol–water partition coefficient (Wildman–Crippen LogP) is 2.25. The summed E-state index contributed by atoms with van der Waals surface area (Å²) in [5.41, 5.74) is 7.22. The average Bonchev–Trinajstić information content (AvgIpc) is 2.27. The predicted molar refractivity (Wildman–Crippen MR) is 65.7 cm³/mol. The molecule has 0 aliphatic rings. The Balaban J connectivity index is 2.70. The second-order valence-electron chi connectivity index (χ2n) is 4.52. The summed E-state index contributed by atoms with van der Waals surface area (Å²) >= 11 is 0. The van der Waals surface area contributed by atoms with Crippen molar-refractivity contribution in [3.05, 3.63) is 35.9 Å². The van der Waals surface area contributed by atoms with Crippen molar-refractivity contribution in [2.75, 3.05) is 13.1 Å². The molecule has 0 spiro atoms. The van der Waals surface area contributed by atoms with E-state index in [0.717, 1.165) is 13.1 Å². The van der Waals surface area contributed by atoms with E-state index in [2.05, 4.69) is 49.9 Å². The highest BCUT2D eigenvalue weighted by Gasteiger charge is 2.23. The van der Waals surface area contributed by atoms with E-state index >= 15 is 0 Å². The molecule has 0 aliphatic carbocycles. The third-order valence-corrected chi connectivity index (χ3v) is 2.95. The van der Waals surface area contributed by atoms with Crippen LogP contribution in [0.15, 0.2) is 30.3 Å². The van der Waals surface area contributed by atoms with Crippen LogP contribution in [-0.2, 0) is 6.54 Å². The highest BCUT2D eigenvalue weighted by Crippen LogP contribution is 2.16. The number of likely N-dealkylation sites (N-methyl/N-ethyl adjacent to an activating group) is 1. The van der Waals surface area contributed by atoms with E-state index in [-0.39, 0.29) is 5.54 Å². The van der Waals surface area contributed by atoms with Gasteiger partial charge in [-0.2, -0.15) is 0 Å². The van der Waals surface area contributed by atoms with Gasteiger partial charge in [-0.15, -0.1) is 0 Å². The Kier molecular flexibility index (Phi) is 4.30. The van der Waals surface area contributed by atoms with E-state index in [1.807, 2.05) is 6.07 Å². The van der Waals surface area contributed by atoms with Crippen LogP contribution in [0.25, 0.3) is 0 Å².